The Morgan fingerprint density at radius 3 is 1.74 bits per heavy atom. The van der Waals surface area contributed by atoms with Crippen molar-refractivity contribution in [1.82, 2.24) is 59.5 Å². The molecule has 5 rings (SSSR count). The van der Waals surface area contributed by atoms with Gasteiger partial charge in [-0.25, -0.2) is 9.37 Å². The number of hydrogen-bond acceptors (Lipinski definition) is 19. The SMILES string of the molecule is C=CC(=O)N[C@@H]1CN(c2nc(Nc3cn(CCCNC(=O)CN4CCN(CC(=O)OC(C)(C)C)CCN(CC(=O)OC(C)(C)C)CCN(CC(=O)OC(C)(C)C)CC4)nc3OC)c3ncn(C)c3n2)C[C@H]1F. The molecule has 0 unspecified atom stereocenters. The van der Waals surface area contributed by atoms with Gasteiger partial charge in [0.2, 0.25) is 17.8 Å². The fraction of sp³-hybridized carbons (Fsp3) is 0.688. The highest BCUT2D eigenvalue weighted by atomic mass is 19.1. The van der Waals surface area contributed by atoms with Crippen molar-refractivity contribution in [2.45, 2.75) is 104 Å². The van der Waals surface area contributed by atoms with E-state index in [0.29, 0.717) is 94.5 Å². The van der Waals surface area contributed by atoms with Gasteiger partial charge in [0.05, 0.1) is 58.4 Å². The number of hydrogen-bond donors (Lipinski definition) is 3. The molecule has 0 saturated carbocycles. The van der Waals surface area contributed by atoms with Crippen LogP contribution in [0, 0.1) is 0 Å². The minimum Gasteiger partial charge on any atom is -0.478 e. The molecule has 2 atom stereocenters. The molecule has 23 nitrogen and oxygen atoms in total. The van der Waals surface area contributed by atoms with E-state index in [2.05, 4.69) is 37.6 Å². The number of methoxy groups -OCH3 is 1. The van der Waals surface area contributed by atoms with E-state index >= 15 is 4.39 Å². The Labute approximate surface area is 422 Å². The van der Waals surface area contributed by atoms with Gasteiger partial charge in [-0.1, -0.05) is 6.58 Å². The van der Waals surface area contributed by atoms with E-state index in [0.717, 1.165) is 6.08 Å². The number of amides is 2. The molecule has 0 bridgehead atoms. The van der Waals surface area contributed by atoms with E-state index < -0.39 is 34.9 Å². The van der Waals surface area contributed by atoms with Gasteiger partial charge in [0.25, 0.3) is 5.88 Å². The Kier molecular flexibility index (Phi) is 19.9. The predicted octanol–water partition coefficient (Wildman–Crippen LogP) is 1.89. The number of esters is 3. The van der Waals surface area contributed by atoms with Crippen molar-refractivity contribution in [2.75, 3.05) is 115 Å². The van der Waals surface area contributed by atoms with Crippen LogP contribution in [0.1, 0.15) is 68.7 Å². The van der Waals surface area contributed by atoms with E-state index in [1.165, 1.54) is 7.11 Å². The first kappa shape index (κ1) is 56.9. The summed E-state index contributed by atoms with van der Waals surface area (Å²) in [4.78, 5) is 88.3. The second-order valence-corrected chi connectivity index (χ2v) is 21.1. The highest BCUT2D eigenvalue weighted by molar-refractivity contribution is 5.88. The minimum atomic E-state index is -1.35. The van der Waals surface area contributed by atoms with Gasteiger partial charge in [-0.2, -0.15) is 9.97 Å². The number of rotatable bonds is 18. The number of carbonyl (C=O) groups is 5. The van der Waals surface area contributed by atoms with Crippen LogP contribution in [0.25, 0.3) is 11.2 Å². The average Bonchev–Trinajstić information content (AvgIpc) is 3.96. The van der Waals surface area contributed by atoms with Gasteiger partial charge in [-0.15, -0.1) is 5.10 Å². The highest BCUT2D eigenvalue weighted by Crippen LogP contribution is 2.31. The van der Waals surface area contributed by atoms with Crippen molar-refractivity contribution < 1.29 is 47.3 Å². The van der Waals surface area contributed by atoms with Crippen LogP contribution < -0.4 is 25.6 Å². The van der Waals surface area contributed by atoms with Crippen molar-refractivity contribution >= 4 is 58.3 Å². The number of carbonyl (C=O) groups excluding carboxylic acids is 5. The second-order valence-electron chi connectivity index (χ2n) is 21.1. The molecular weight excluding hydrogens is 936 g/mol. The largest absolute Gasteiger partial charge is 0.478 e. The number of ether oxygens (including phenoxy) is 4. The van der Waals surface area contributed by atoms with Crippen LogP contribution in [0.4, 0.5) is 21.8 Å². The molecule has 2 saturated heterocycles. The van der Waals surface area contributed by atoms with Crippen molar-refractivity contribution in [1.29, 1.82) is 0 Å². The van der Waals surface area contributed by atoms with Crippen LogP contribution in [-0.4, -0.2) is 213 Å². The molecule has 2 aliphatic rings. The molecule has 3 aromatic heterocycles. The van der Waals surface area contributed by atoms with Gasteiger partial charge >= 0.3 is 17.9 Å². The summed E-state index contributed by atoms with van der Waals surface area (Å²) in [7, 11) is 3.29. The number of aromatic nitrogens is 6. The van der Waals surface area contributed by atoms with Crippen molar-refractivity contribution in [3.05, 3.63) is 25.2 Å². The number of aryl methyl sites for hydroxylation is 2. The molecule has 72 heavy (non-hydrogen) atoms. The Hall–Kier alpha value is -5.98. The van der Waals surface area contributed by atoms with Crippen molar-refractivity contribution in [3.63, 3.8) is 0 Å². The Morgan fingerprint density at radius 1 is 0.764 bits per heavy atom. The lowest BCUT2D eigenvalue weighted by molar-refractivity contribution is -0.158. The van der Waals surface area contributed by atoms with Gasteiger partial charge < -0.3 is 44.4 Å². The summed E-state index contributed by atoms with van der Waals surface area (Å²) < 4.78 is 41.1. The lowest BCUT2D eigenvalue weighted by Gasteiger charge is -2.34. The van der Waals surface area contributed by atoms with E-state index in [-0.39, 0.29) is 74.9 Å². The van der Waals surface area contributed by atoms with Gasteiger partial charge in [-0.3, -0.25) is 48.3 Å². The molecule has 0 aromatic carbocycles. The number of nitrogens with zero attached hydrogens (tertiary/aromatic N) is 11. The monoisotopic (exact) mass is 1010 g/mol. The van der Waals surface area contributed by atoms with E-state index in [1.807, 2.05) is 81.9 Å². The number of anilines is 3. The third-order valence-corrected chi connectivity index (χ3v) is 11.3. The smallest absolute Gasteiger partial charge is 0.320 e. The van der Waals surface area contributed by atoms with Gasteiger partial charge in [0.1, 0.15) is 28.7 Å². The molecule has 0 radical (unpaired) electrons. The zero-order valence-corrected chi connectivity index (χ0v) is 44.1. The molecule has 3 N–H and O–H groups in total. The number of alkyl halides is 1. The molecule has 400 valence electrons. The molecule has 5 heterocycles. The zero-order valence-electron chi connectivity index (χ0n) is 44.1. The van der Waals surface area contributed by atoms with Gasteiger partial charge in [0.15, 0.2) is 17.0 Å². The van der Waals surface area contributed by atoms with Gasteiger partial charge in [-0.05, 0) is 74.8 Å². The average molecular weight is 1010 g/mol. The standard InChI is InChI=1S/C48H77FN14O9/c1-13-36(64)52-34-26-62(25-33(34)49)45-54-42(41-43(55-45)57(11)32-51-41)53-35-27-63(56-44(35)69-12)16-14-15-50-37(65)28-58-17-19-59(29-38(66)70-46(2,3)4)21-23-61(31-40(68)72-48(8,9)10)24-22-60(20-18-58)30-39(67)71-47(5,6)7/h13,27,32-34H,1,14-26,28-31H2,2-12H3,(H,50,65)(H,52,64)(H,53,54,55)/t33-,34-/m1/s1. The molecule has 24 heteroatoms. The first-order chi connectivity index (χ1) is 33.8. The molecule has 0 aliphatic carbocycles. The minimum absolute atomic E-state index is 0.0178. The van der Waals surface area contributed by atoms with Crippen LogP contribution in [0.2, 0.25) is 0 Å². The lowest BCUT2D eigenvalue weighted by Crippen LogP contribution is -2.50. The number of halogens is 1. The Balaban J connectivity index is 1.24. The molecule has 2 fully saturated rings. The van der Waals surface area contributed by atoms with Crippen LogP contribution >= 0.6 is 0 Å². The third kappa shape index (κ3) is 18.6. The van der Waals surface area contributed by atoms with Crippen molar-refractivity contribution in [3.8, 4) is 5.88 Å². The Bertz CT molecular complexity index is 2290. The van der Waals surface area contributed by atoms with E-state index in [4.69, 9.17) is 23.9 Å². The maximum Gasteiger partial charge on any atom is 0.320 e. The summed E-state index contributed by atoms with van der Waals surface area (Å²) in [5, 5.41) is 13.5. The van der Waals surface area contributed by atoms with E-state index in [1.54, 1.807) is 33.7 Å². The third-order valence-electron chi connectivity index (χ3n) is 11.3. The summed E-state index contributed by atoms with van der Waals surface area (Å²) in [6.45, 7) is 24.2. The maximum absolute atomic E-state index is 15.0. The lowest BCUT2D eigenvalue weighted by atomic mass is 10.2. The van der Waals surface area contributed by atoms with E-state index in [9.17, 15) is 24.0 Å². The summed E-state index contributed by atoms with van der Waals surface area (Å²) in [6.07, 6.45) is 3.64. The van der Waals surface area contributed by atoms with Crippen LogP contribution in [0.3, 0.4) is 0 Å². The van der Waals surface area contributed by atoms with Gasteiger partial charge in [0, 0.05) is 79.0 Å². The first-order valence-corrected chi connectivity index (χ1v) is 24.5. The molecule has 2 aliphatic heterocycles. The predicted molar refractivity (Wildman–Crippen MR) is 269 cm³/mol. The molecular formula is C48H77FN14O9. The Morgan fingerprint density at radius 2 is 1.26 bits per heavy atom. The normalized spacial score (nSPS) is 18.5. The topological polar surface area (TPSA) is 236 Å². The van der Waals surface area contributed by atoms with Crippen LogP contribution in [0.15, 0.2) is 25.2 Å². The maximum atomic E-state index is 15.0. The molecule has 3 aromatic rings. The summed E-state index contributed by atoms with van der Waals surface area (Å²) in [5.41, 5.74) is -0.555. The fourth-order valence-corrected chi connectivity index (χ4v) is 8.02. The first-order valence-electron chi connectivity index (χ1n) is 24.5. The molecule has 2 amide bonds. The second kappa shape index (κ2) is 25.1. The summed E-state index contributed by atoms with van der Waals surface area (Å²) >= 11 is 0. The van der Waals surface area contributed by atoms with Crippen LogP contribution in [0.5, 0.6) is 5.88 Å². The molecule has 0 spiro atoms. The highest BCUT2D eigenvalue weighted by Gasteiger charge is 2.36. The van der Waals surface area contributed by atoms with Crippen LogP contribution in [-0.2, 0) is 51.8 Å². The number of imidazole rings is 1. The fourth-order valence-electron chi connectivity index (χ4n) is 8.02. The summed E-state index contributed by atoms with van der Waals surface area (Å²) in [5.74, 6) is -0.920. The van der Waals surface area contributed by atoms with Crippen molar-refractivity contribution in [2.24, 2.45) is 7.05 Å². The quantitative estimate of drug-likeness (QED) is 0.0714. The number of nitrogens with one attached hydrogen (secondary N) is 3. The summed E-state index contributed by atoms with van der Waals surface area (Å²) in [6, 6.07) is -0.761. The zero-order chi connectivity index (χ0) is 53.0. The number of fused-ring (bicyclic) bond motifs is 1.